The molecule has 31 heavy (non-hydrogen) atoms. The van der Waals surface area contributed by atoms with E-state index in [0.29, 0.717) is 29.3 Å². The number of nitrogens with one attached hydrogen (secondary N) is 2. The van der Waals surface area contributed by atoms with Crippen LogP contribution in [0, 0.1) is 23.2 Å². The molecule has 0 aliphatic heterocycles. The lowest BCUT2D eigenvalue weighted by atomic mass is 9.72. The second-order valence-corrected chi connectivity index (χ2v) is 11.3. The molecule has 3 N–H and O–H groups in total. The Morgan fingerprint density at radius 2 is 1.74 bits per heavy atom. The molecule has 0 radical (unpaired) electrons. The van der Waals surface area contributed by atoms with Gasteiger partial charge in [0.05, 0.1) is 17.4 Å². The highest BCUT2D eigenvalue weighted by molar-refractivity contribution is 7.17. The average Bonchev–Trinajstić information content (AvgIpc) is 3.44. The molecule has 0 spiro atoms. The zero-order chi connectivity index (χ0) is 22.3. The van der Waals surface area contributed by atoms with Crippen LogP contribution in [0.2, 0.25) is 0 Å². The van der Waals surface area contributed by atoms with E-state index in [1.54, 1.807) is 0 Å². The molecule has 3 atom stereocenters. The number of carbonyl (C=O) groups is 3. The standard InChI is InChI=1S/C24H32N2O4S/c1-24(2,3)13-8-11-17-18(12-13)31-22(19(17)21(28)25-14-9-10-14)26-20(27)15-6-4-5-7-16(15)23(29)30/h4-5,13-16H,6-12H2,1-3H3,(H,25,28)(H,26,27)(H,29,30)/t13-,15-,16-/m0/s1. The molecule has 0 unspecified atom stereocenters. The molecular formula is C24H32N2O4S. The van der Waals surface area contributed by atoms with Gasteiger partial charge in [0.2, 0.25) is 5.91 Å². The number of amides is 2. The van der Waals surface area contributed by atoms with Gasteiger partial charge in [-0.25, -0.2) is 0 Å². The molecule has 0 saturated heterocycles. The quantitative estimate of drug-likeness (QED) is 0.587. The smallest absolute Gasteiger partial charge is 0.307 e. The Bertz CT molecular complexity index is 923. The van der Waals surface area contributed by atoms with Crippen molar-refractivity contribution in [2.24, 2.45) is 23.2 Å². The second kappa shape index (κ2) is 8.41. The third-order valence-corrected chi connectivity index (χ3v) is 8.12. The minimum atomic E-state index is -0.949. The number of hydrogen-bond acceptors (Lipinski definition) is 4. The van der Waals surface area contributed by atoms with Gasteiger partial charge in [-0.15, -0.1) is 11.3 Å². The molecule has 1 fully saturated rings. The van der Waals surface area contributed by atoms with Crippen LogP contribution in [0.15, 0.2) is 12.2 Å². The van der Waals surface area contributed by atoms with E-state index in [1.807, 2.05) is 12.2 Å². The minimum absolute atomic E-state index is 0.108. The maximum Gasteiger partial charge on any atom is 0.307 e. The predicted molar refractivity (Wildman–Crippen MR) is 121 cm³/mol. The van der Waals surface area contributed by atoms with Crippen molar-refractivity contribution in [1.82, 2.24) is 5.32 Å². The predicted octanol–water partition coefficient (Wildman–Crippen LogP) is 4.40. The van der Waals surface area contributed by atoms with Crippen molar-refractivity contribution in [2.45, 2.75) is 71.8 Å². The Morgan fingerprint density at radius 3 is 2.35 bits per heavy atom. The highest BCUT2D eigenvalue weighted by atomic mass is 32.1. The molecule has 7 heteroatoms. The van der Waals surface area contributed by atoms with Crippen molar-refractivity contribution in [1.29, 1.82) is 0 Å². The zero-order valence-corrected chi connectivity index (χ0v) is 19.3. The van der Waals surface area contributed by atoms with Crippen LogP contribution in [-0.4, -0.2) is 28.9 Å². The van der Waals surface area contributed by atoms with Crippen molar-refractivity contribution in [3.8, 4) is 0 Å². The van der Waals surface area contributed by atoms with Gasteiger partial charge in [0, 0.05) is 10.9 Å². The molecule has 1 saturated carbocycles. The van der Waals surface area contributed by atoms with E-state index in [0.717, 1.165) is 37.7 Å². The van der Waals surface area contributed by atoms with Crippen LogP contribution < -0.4 is 10.6 Å². The van der Waals surface area contributed by atoms with E-state index in [4.69, 9.17) is 0 Å². The normalized spacial score (nSPS) is 25.6. The Morgan fingerprint density at radius 1 is 1.06 bits per heavy atom. The number of thiophene rings is 1. The Hall–Kier alpha value is -2.15. The summed E-state index contributed by atoms with van der Waals surface area (Å²) in [6, 6.07) is 0.234. The summed E-state index contributed by atoms with van der Waals surface area (Å²) in [5.74, 6) is -2.18. The largest absolute Gasteiger partial charge is 0.481 e. The van der Waals surface area contributed by atoms with Gasteiger partial charge in [0.25, 0.3) is 5.91 Å². The average molecular weight is 445 g/mol. The number of aliphatic carboxylic acids is 1. The third kappa shape index (κ3) is 4.71. The fraction of sp³-hybridized carbons (Fsp3) is 0.625. The summed E-state index contributed by atoms with van der Waals surface area (Å²) in [7, 11) is 0. The first-order valence-electron chi connectivity index (χ1n) is 11.3. The van der Waals surface area contributed by atoms with Crippen molar-refractivity contribution < 1.29 is 19.5 Å². The van der Waals surface area contributed by atoms with E-state index in [-0.39, 0.29) is 23.3 Å². The summed E-state index contributed by atoms with van der Waals surface area (Å²) >= 11 is 1.50. The van der Waals surface area contributed by atoms with Crippen LogP contribution in [0.1, 0.15) is 73.7 Å². The van der Waals surface area contributed by atoms with Crippen LogP contribution >= 0.6 is 11.3 Å². The lowest BCUT2D eigenvalue weighted by molar-refractivity contribution is -0.146. The van der Waals surface area contributed by atoms with Gasteiger partial charge in [-0.2, -0.15) is 0 Å². The van der Waals surface area contributed by atoms with E-state index in [1.165, 1.54) is 16.2 Å². The summed E-state index contributed by atoms with van der Waals surface area (Å²) in [6.07, 6.45) is 9.24. The topological polar surface area (TPSA) is 95.5 Å². The number of carbonyl (C=O) groups excluding carboxylic acids is 2. The third-order valence-electron chi connectivity index (χ3n) is 6.95. The van der Waals surface area contributed by atoms with Crippen molar-refractivity contribution in [3.05, 3.63) is 28.2 Å². The van der Waals surface area contributed by atoms with Crippen LogP contribution in [0.4, 0.5) is 5.00 Å². The molecule has 0 aromatic carbocycles. The zero-order valence-electron chi connectivity index (χ0n) is 18.5. The van der Waals surface area contributed by atoms with E-state index < -0.39 is 17.8 Å². The molecule has 4 rings (SSSR count). The second-order valence-electron chi connectivity index (χ2n) is 10.2. The summed E-state index contributed by atoms with van der Waals surface area (Å²) in [5.41, 5.74) is 1.85. The molecule has 1 aromatic rings. The first-order chi connectivity index (χ1) is 14.6. The summed E-state index contributed by atoms with van der Waals surface area (Å²) in [4.78, 5) is 39.0. The molecular weight excluding hydrogens is 412 g/mol. The molecule has 1 heterocycles. The number of fused-ring (bicyclic) bond motifs is 1. The number of carboxylic acid groups (broad SMARTS) is 1. The highest BCUT2D eigenvalue weighted by Crippen LogP contribution is 2.44. The Kier molecular flexibility index (Phi) is 5.99. The van der Waals surface area contributed by atoms with Gasteiger partial charge in [0.15, 0.2) is 0 Å². The van der Waals surface area contributed by atoms with Gasteiger partial charge in [-0.05, 0) is 61.8 Å². The maximum absolute atomic E-state index is 13.1. The van der Waals surface area contributed by atoms with Crippen LogP contribution in [-0.2, 0) is 22.4 Å². The molecule has 0 bridgehead atoms. The molecule has 3 aliphatic rings. The molecule has 1 aromatic heterocycles. The number of allylic oxidation sites excluding steroid dienone is 2. The minimum Gasteiger partial charge on any atom is -0.481 e. The van der Waals surface area contributed by atoms with Crippen molar-refractivity contribution in [2.75, 3.05) is 5.32 Å². The van der Waals surface area contributed by atoms with Gasteiger partial charge < -0.3 is 15.7 Å². The van der Waals surface area contributed by atoms with Crippen molar-refractivity contribution in [3.63, 3.8) is 0 Å². The molecule has 168 valence electrons. The van der Waals surface area contributed by atoms with Gasteiger partial charge in [-0.1, -0.05) is 32.9 Å². The maximum atomic E-state index is 13.1. The lowest BCUT2D eigenvalue weighted by Crippen LogP contribution is -2.35. The summed E-state index contributed by atoms with van der Waals surface area (Å²) in [5, 5.41) is 16.2. The Balaban J connectivity index is 1.62. The monoisotopic (exact) mass is 444 g/mol. The first kappa shape index (κ1) is 22.1. The van der Waals surface area contributed by atoms with Gasteiger partial charge in [0.1, 0.15) is 5.00 Å². The van der Waals surface area contributed by atoms with Gasteiger partial charge >= 0.3 is 5.97 Å². The number of rotatable bonds is 5. The van der Waals surface area contributed by atoms with E-state index in [9.17, 15) is 19.5 Å². The number of hydrogen-bond donors (Lipinski definition) is 3. The lowest BCUT2D eigenvalue weighted by Gasteiger charge is -2.33. The van der Waals surface area contributed by atoms with Gasteiger partial charge in [-0.3, -0.25) is 14.4 Å². The summed E-state index contributed by atoms with van der Waals surface area (Å²) < 4.78 is 0. The van der Waals surface area contributed by atoms with Crippen LogP contribution in [0.3, 0.4) is 0 Å². The number of anilines is 1. The van der Waals surface area contributed by atoms with Crippen LogP contribution in [0.25, 0.3) is 0 Å². The first-order valence-corrected chi connectivity index (χ1v) is 12.1. The molecule has 2 amide bonds. The molecule has 6 nitrogen and oxygen atoms in total. The highest BCUT2D eigenvalue weighted by Gasteiger charge is 2.38. The molecule has 3 aliphatic carbocycles. The van der Waals surface area contributed by atoms with Crippen molar-refractivity contribution >= 4 is 34.1 Å². The van der Waals surface area contributed by atoms with E-state index >= 15 is 0 Å². The van der Waals surface area contributed by atoms with Crippen LogP contribution in [0.5, 0.6) is 0 Å². The number of carboxylic acids is 1. The Labute approximate surface area is 187 Å². The summed E-state index contributed by atoms with van der Waals surface area (Å²) in [6.45, 7) is 6.76. The fourth-order valence-electron chi connectivity index (χ4n) is 4.72. The van der Waals surface area contributed by atoms with E-state index in [2.05, 4.69) is 31.4 Å². The SMILES string of the molecule is CC(C)(C)[C@H]1CCc2c(sc(NC(=O)[C@H]3CC=CC[C@@H]3C(=O)O)c2C(=O)NC2CC2)C1. The fourth-order valence-corrected chi connectivity index (χ4v) is 6.05.